The number of hydrogen-bond acceptors (Lipinski definition) is 6. The molecule has 6 nitrogen and oxygen atoms in total. The van der Waals surface area contributed by atoms with Crippen LogP contribution in [0, 0.1) is 6.92 Å². The minimum atomic E-state index is -0.133. The molecule has 3 heterocycles. The van der Waals surface area contributed by atoms with Crippen LogP contribution in [-0.4, -0.2) is 40.2 Å². The summed E-state index contributed by atoms with van der Waals surface area (Å²) in [6.07, 6.45) is 2.62. The number of hydrogen-bond donors (Lipinski definition) is 1. The molecule has 2 aliphatic heterocycles. The van der Waals surface area contributed by atoms with E-state index in [0.29, 0.717) is 27.4 Å². The summed E-state index contributed by atoms with van der Waals surface area (Å²) in [5.41, 5.74) is 5.85. The molecule has 0 aliphatic carbocycles. The summed E-state index contributed by atoms with van der Waals surface area (Å²) in [4.78, 5) is 26.3. The van der Waals surface area contributed by atoms with Crippen LogP contribution < -0.4 is 10.2 Å². The highest BCUT2D eigenvalue weighted by Gasteiger charge is 2.32. The lowest BCUT2D eigenvalue weighted by molar-refractivity contribution is 0.0985. The number of thioether (sulfide) groups is 1. The fraction of sp³-hybridized carbons (Fsp3) is 0.320. The second-order valence-corrected chi connectivity index (χ2v) is 10.4. The van der Waals surface area contributed by atoms with Crippen LogP contribution in [0.25, 0.3) is 0 Å². The molecular weight excluding hydrogens is 454 g/mol. The Hall–Kier alpha value is -2.61. The molecule has 0 spiro atoms. The first kappa shape index (κ1) is 22.2. The Morgan fingerprint density at radius 2 is 2.03 bits per heavy atom. The number of amides is 1. The number of nitrogens with one attached hydrogen (secondary N) is 1. The van der Waals surface area contributed by atoms with E-state index >= 15 is 0 Å². The molecule has 0 fully saturated rings. The van der Waals surface area contributed by atoms with E-state index in [2.05, 4.69) is 59.3 Å². The number of aryl methyl sites for hydroxylation is 1. The van der Waals surface area contributed by atoms with Crippen LogP contribution in [-0.2, 0) is 12.0 Å². The smallest absolute Gasteiger partial charge is 0.263 e. The van der Waals surface area contributed by atoms with Gasteiger partial charge in [-0.05, 0) is 69.1 Å². The molecule has 0 bridgehead atoms. The van der Waals surface area contributed by atoms with Crippen molar-refractivity contribution < 1.29 is 4.79 Å². The van der Waals surface area contributed by atoms with Crippen molar-refractivity contribution in [1.82, 2.24) is 14.9 Å². The highest BCUT2D eigenvalue weighted by Crippen LogP contribution is 2.38. The second-order valence-electron chi connectivity index (χ2n) is 9.05. The summed E-state index contributed by atoms with van der Waals surface area (Å²) in [6, 6.07) is 12.1. The number of anilines is 3. The topological polar surface area (TPSA) is 61.4 Å². The number of para-hydroxylation sites is 1. The standard InChI is InChI=1S/C25H26ClN5OS/c1-15-6-5-7-20(26)21(15)31-14-33-22-18(23(31)32)13-27-24(29-22)28-17-8-9-19-16(12-17)10-11-30(4)25(19,2)3/h5-9,12-13H,10-11,14H2,1-4H3,(H,27,28,29). The lowest BCUT2D eigenvalue weighted by atomic mass is 9.83. The van der Waals surface area contributed by atoms with Crippen molar-refractivity contribution in [2.75, 3.05) is 29.7 Å². The van der Waals surface area contributed by atoms with Gasteiger partial charge in [-0.2, -0.15) is 0 Å². The zero-order chi connectivity index (χ0) is 23.3. The van der Waals surface area contributed by atoms with Crippen LogP contribution in [0.3, 0.4) is 0 Å². The van der Waals surface area contributed by atoms with Crippen molar-refractivity contribution in [2.24, 2.45) is 0 Å². The number of halogens is 1. The summed E-state index contributed by atoms with van der Waals surface area (Å²) in [5.74, 6) is 0.809. The highest BCUT2D eigenvalue weighted by atomic mass is 35.5. The predicted molar refractivity (Wildman–Crippen MR) is 135 cm³/mol. The van der Waals surface area contributed by atoms with Gasteiger partial charge < -0.3 is 5.32 Å². The molecule has 1 amide bonds. The molecule has 0 saturated heterocycles. The van der Waals surface area contributed by atoms with Gasteiger partial charge in [-0.25, -0.2) is 9.97 Å². The van der Waals surface area contributed by atoms with Crippen molar-refractivity contribution in [3.63, 3.8) is 0 Å². The third kappa shape index (κ3) is 3.88. The molecule has 1 aromatic heterocycles. The number of fused-ring (bicyclic) bond motifs is 2. The van der Waals surface area contributed by atoms with E-state index in [0.717, 1.165) is 29.9 Å². The number of benzene rings is 2. The minimum Gasteiger partial charge on any atom is -0.324 e. The van der Waals surface area contributed by atoms with Crippen LogP contribution in [0.15, 0.2) is 47.6 Å². The maximum atomic E-state index is 13.2. The molecule has 33 heavy (non-hydrogen) atoms. The highest BCUT2D eigenvalue weighted by molar-refractivity contribution is 7.99. The van der Waals surface area contributed by atoms with E-state index in [1.807, 2.05) is 19.1 Å². The summed E-state index contributed by atoms with van der Waals surface area (Å²) in [5, 5.41) is 4.57. The molecule has 3 aromatic rings. The molecule has 5 rings (SSSR count). The van der Waals surface area contributed by atoms with E-state index in [-0.39, 0.29) is 11.4 Å². The summed E-state index contributed by atoms with van der Waals surface area (Å²) < 4.78 is 0. The van der Waals surface area contributed by atoms with Gasteiger partial charge in [0.15, 0.2) is 0 Å². The summed E-state index contributed by atoms with van der Waals surface area (Å²) in [6.45, 7) is 7.49. The van der Waals surface area contributed by atoms with Crippen molar-refractivity contribution in [3.8, 4) is 0 Å². The van der Waals surface area contributed by atoms with Crippen LogP contribution in [0.2, 0.25) is 5.02 Å². The first-order chi connectivity index (χ1) is 15.8. The van der Waals surface area contributed by atoms with Gasteiger partial charge in [-0.3, -0.25) is 14.6 Å². The van der Waals surface area contributed by atoms with E-state index in [1.54, 1.807) is 17.2 Å². The van der Waals surface area contributed by atoms with E-state index < -0.39 is 0 Å². The van der Waals surface area contributed by atoms with Gasteiger partial charge >= 0.3 is 0 Å². The number of nitrogens with zero attached hydrogens (tertiary/aromatic N) is 4. The lowest BCUT2D eigenvalue weighted by Gasteiger charge is -2.41. The van der Waals surface area contributed by atoms with Crippen LogP contribution in [0.4, 0.5) is 17.3 Å². The van der Waals surface area contributed by atoms with Crippen LogP contribution in [0.1, 0.15) is 40.9 Å². The average molecular weight is 480 g/mol. The van der Waals surface area contributed by atoms with Gasteiger partial charge in [-0.1, -0.05) is 41.6 Å². The van der Waals surface area contributed by atoms with E-state index in [9.17, 15) is 4.79 Å². The van der Waals surface area contributed by atoms with Gasteiger partial charge in [0.1, 0.15) is 5.03 Å². The third-order valence-corrected chi connectivity index (χ3v) is 7.99. The van der Waals surface area contributed by atoms with Crippen LogP contribution >= 0.6 is 23.4 Å². The van der Waals surface area contributed by atoms with Gasteiger partial charge in [-0.15, -0.1) is 0 Å². The molecule has 2 aromatic carbocycles. The van der Waals surface area contributed by atoms with Gasteiger partial charge in [0.2, 0.25) is 5.95 Å². The Kier molecular flexibility index (Phi) is 5.59. The average Bonchev–Trinajstić information content (AvgIpc) is 2.78. The normalized spacial score (nSPS) is 17.5. The zero-order valence-corrected chi connectivity index (χ0v) is 20.7. The Bertz CT molecular complexity index is 1240. The molecule has 0 saturated carbocycles. The monoisotopic (exact) mass is 479 g/mol. The number of carbonyl (C=O) groups is 1. The van der Waals surface area contributed by atoms with Crippen molar-refractivity contribution in [1.29, 1.82) is 0 Å². The SMILES string of the molecule is Cc1cccc(Cl)c1N1CSc2nc(Nc3ccc4c(c3)CCN(C)C4(C)C)ncc2C1=O. The van der Waals surface area contributed by atoms with Crippen molar-refractivity contribution >= 4 is 46.6 Å². The van der Waals surface area contributed by atoms with Gasteiger partial charge in [0.25, 0.3) is 5.91 Å². The maximum absolute atomic E-state index is 13.2. The fourth-order valence-corrected chi connectivity index (χ4v) is 5.79. The molecule has 0 atom stereocenters. The molecule has 170 valence electrons. The lowest BCUT2D eigenvalue weighted by Crippen LogP contribution is -2.43. The summed E-state index contributed by atoms with van der Waals surface area (Å²) >= 11 is 7.91. The molecule has 2 aliphatic rings. The molecule has 0 unspecified atom stereocenters. The maximum Gasteiger partial charge on any atom is 0.263 e. The molecular formula is C25H26ClN5OS. The Labute approximate surface area is 203 Å². The van der Waals surface area contributed by atoms with E-state index in [1.165, 1.54) is 22.9 Å². The molecule has 1 N–H and O–H groups in total. The Balaban J connectivity index is 1.39. The number of likely N-dealkylation sites (N-methyl/N-ethyl adjacent to an activating group) is 1. The first-order valence-corrected chi connectivity index (χ1v) is 12.3. The zero-order valence-electron chi connectivity index (χ0n) is 19.1. The largest absolute Gasteiger partial charge is 0.324 e. The Morgan fingerprint density at radius 3 is 2.82 bits per heavy atom. The number of rotatable bonds is 3. The quantitative estimate of drug-likeness (QED) is 0.492. The van der Waals surface area contributed by atoms with Crippen molar-refractivity contribution in [3.05, 3.63) is 69.9 Å². The second kappa shape index (κ2) is 8.31. The first-order valence-electron chi connectivity index (χ1n) is 10.9. The van der Waals surface area contributed by atoms with Crippen molar-refractivity contribution in [2.45, 2.75) is 37.8 Å². The summed E-state index contributed by atoms with van der Waals surface area (Å²) in [7, 11) is 2.17. The third-order valence-electron chi connectivity index (χ3n) is 6.71. The number of carbonyl (C=O) groups excluding carboxylic acids is 1. The predicted octanol–water partition coefficient (Wildman–Crippen LogP) is 5.62. The molecule has 0 radical (unpaired) electrons. The minimum absolute atomic E-state index is 0.0112. The van der Waals surface area contributed by atoms with E-state index in [4.69, 9.17) is 11.6 Å². The van der Waals surface area contributed by atoms with Gasteiger partial charge in [0, 0.05) is 24.0 Å². The van der Waals surface area contributed by atoms with Gasteiger partial charge in [0.05, 0.1) is 22.2 Å². The molecule has 8 heteroatoms. The number of aromatic nitrogens is 2. The fourth-order valence-electron chi connectivity index (χ4n) is 4.52. The Morgan fingerprint density at radius 1 is 1.21 bits per heavy atom. The van der Waals surface area contributed by atoms with Crippen LogP contribution in [0.5, 0.6) is 0 Å².